The van der Waals surface area contributed by atoms with E-state index in [4.69, 9.17) is 4.74 Å². The van der Waals surface area contributed by atoms with E-state index in [2.05, 4.69) is 0 Å². The number of rotatable bonds is 5. The summed E-state index contributed by atoms with van der Waals surface area (Å²) in [4.78, 5) is 0. The van der Waals surface area contributed by atoms with Crippen LogP contribution in [-0.2, 0) is 9.84 Å². The maximum atomic E-state index is 10.9. The third kappa shape index (κ3) is 4.63. The lowest BCUT2D eigenvalue weighted by molar-refractivity contribution is 0.198. The van der Waals surface area contributed by atoms with Crippen LogP contribution in [0.5, 0.6) is 5.75 Å². The molecule has 0 bridgehead atoms. The van der Waals surface area contributed by atoms with E-state index in [1.807, 2.05) is 0 Å². The van der Waals surface area contributed by atoms with Gasteiger partial charge in [-0.25, -0.2) is 8.42 Å². The molecule has 1 rings (SSSR count). The lowest BCUT2D eigenvalue weighted by Gasteiger charge is -2.08. The highest BCUT2D eigenvalue weighted by Gasteiger charge is 2.04. The average molecular weight is 244 g/mol. The van der Waals surface area contributed by atoms with Crippen molar-refractivity contribution in [1.82, 2.24) is 0 Å². The number of ether oxygens (including phenoxy) is 1. The number of aliphatic hydroxyl groups is 1. The van der Waals surface area contributed by atoms with Gasteiger partial charge in [-0.15, -0.1) is 0 Å². The molecule has 0 heterocycles. The average Bonchev–Trinajstić information content (AvgIpc) is 2.16. The predicted molar refractivity (Wildman–Crippen MR) is 62.3 cm³/mol. The number of hydrogen-bond acceptors (Lipinski definition) is 4. The summed E-state index contributed by atoms with van der Waals surface area (Å²) in [6.45, 7) is 1.79. The van der Waals surface area contributed by atoms with Gasteiger partial charge in [-0.1, -0.05) is 12.1 Å². The van der Waals surface area contributed by atoms with Gasteiger partial charge in [0.2, 0.25) is 0 Å². The second-order valence-electron chi connectivity index (χ2n) is 3.73. The first-order valence-corrected chi connectivity index (χ1v) is 7.03. The van der Waals surface area contributed by atoms with Crippen LogP contribution < -0.4 is 4.74 Å². The lowest BCUT2D eigenvalue weighted by Crippen LogP contribution is -2.12. The summed E-state index contributed by atoms with van der Waals surface area (Å²) in [5.41, 5.74) is 0.747. The summed E-state index contributed by atoms with van der Waals surface area (Å²) in [5, 5.41) is 9.35. The van der Waals surface area contributed by atoms with E-state index in [1.165, 1.54) is 6.26 Å². The zero-order valence-electron chi connectivity index (χ0n) is 9.38. The van der Waals surface area contributed by atoms with Crippen LogP contribution in [0.2, 0.25) is 0 Å². The molecule has 1 N–H and O–H groups in total. The van der Waals surface area contributed by atoms with E-state index in [-0.39, 0.29) is 12.4 Å². The van der Waals surface area contributed by atoms with Crippen LogP contribution in [0.4, 0.5) is 0 Å². The second-order valence-corrected chi connectivity index (χ2v) is 5.99. The van der Waals surface area contributed by atoms with Gasteiger partial charge in [0.05, 0.1) is 11.9 Å². The highest BCUT2D eigenvalue weighted by Crippen LogP contribution is 2.18. The maximum Gasteiger partial charge on any atom is 0.150 e. The third-order valence-corrected chi connectivity index (χ3v) is 2.97. The molecule has 16 heavy (non-hydrogen) atoms. The fraction of sp³-hybridized carbons (Fsp3) is 0.455. The summed E-state index contributed by atoms with van der Waals surface area (Å²) in [5.74, 6) is 0.563. The van der Waals surface area contributed by atoms with Crippen molar-refractivity contribution >= 4 is 9.84 Å². The zero-order valence-corrected chi connectivity index (χ0v) is 10.2. The van der Waals surface area contributed by atoms with Gasteiger partial charge in [0.1, 0.15) is 12.4 Å². The minimum Gasteiger partial charge on any atom is -0.493 e. The summed E-state index contributed by atoms with van der Waals surface area (Å²) in [7, 11) is -3.00. The third-order valence-electron chi connectivity index (χ3n) is 2.06. The fourth-order valence-electron chi connectivity index (χ4n) is 1.18. The SMILES string of the molecule is C[C@H](O)c1cccc(OCCS(C)(=O)=O)c1. The van der Waals surface area contributed by atoms with Crippen molar-refractivity contribution in [2.45, 2.75) is 13.0 Å². The van der Waals surface area contributed by atoms with Gasteiger partial charge in [0.15, 0.2) is 9.84 Å². The van der Waals surface area contributed by atoms with Gasteiger partial charge in [-0.2, -0.15) is 0 Å². The molecule has 1 aromatic carbocycles. The summed E-state index contributed by atoms with van der Waals surface area (Å²) in [6.07, 6.45) is 0.612. The van der Waals surface area contributed by atoms with Gasteiger partial charge in [0, 0.05) is 6.26 Å². The summed E-state index contributed by atoms with van der Waals surface area (Å²) >= 11 is 0. The monoisotopic (exact) mass is 244 g/mol. The number of sulfone groups is 1. The van der Waals surface area contributed by atoms with Crippen LogP contribution in [0.15, 0.2) is 24.3 Å². The Morgan fingerprint density at radius 1 is 1.44 bits per heavy atom. The first-order chi connectivity index (χ1) is 7.38. The van der Waals surface area contributed by atoms with Gasteiger partial charge < -0.3 is 9.84 Å². The van der Waals surface area contributed by atoms with E-state index in [0.29, 0.717) is 5.75 Å². The Hall–Kier alpha value is -1.07. The minimum atomic E-state index is -3.00. The minimum absolute atomic E-state index is 0.00803. The molecule has 1 atom stereocenters. The van der Waals surface area contributed by atoms with Crippen LogP contribution in [0.25, 0.3) is 0 Å². The molecule has 4 nitrogen and oxygen atoms in total. The highest BCUT2D eigenvalue weighted by atomic mass is 32.2. The van der Waals surface area contributed by atoms with E-state index < -0.39 is 15.9 Å². The Bertz CT molecular complexity index is 437. The molecule has 0 unspecified atom stereocenters. The Labute approximate surface area is 95.8 Å². The zero-order chi connectivity index (χ0) is 12.2. The van der Waals surface area contributed by atoms with Crippen molar-refractivity contribution in [2.24, 2.45) is 0 Å². The fourth-order valence-corrected chi connectivity index (χ4v) is 1.56. The number of hydrogen-bond donors (Lipinski definition) is 1. The molecule has 0 aliphatic rings. The first-order valence-electron chi connectivity index (χ1n) is 4.97. The van der Waals surface area contributed by atoms with E-state index >= 15 is 0 Å². The molecule has 0 saturated heterocycles. The number of benzene rings is 1. The summed E-state index contributed by atoms with van der Waals surface area (Å²) in [6, 6.07) is 6.98. The molecule has 0 fully saturated rings. The summed E-state index contributed by atoms with van der Waals surface area (Å²) < 4.78 is 27.0. The largest absolute Gasteiger partial charge is 0.493 e. The van der Waals surface area contributed by atoms with Crippen molar-refractivity contribution < 1.29 is 18.3 Å². The van der Waals surface area contributed by atoms with Crippen molar-refractivity contribution in [3.05, 3.63) is 29.8 Å². The van der Waals surface area contributed by atoms with Gasteiger partial charge in [0.25, 0.3) is 0 Å². The maximum absolute atomic E-state index is 10.9. The van der Waals surface area contributed by atoms with E-state index in [9.17, 15) is 13.5 Å². The molecule has 0 spiro atoms. The Morgan fingerprint density at radius 3 is 2.69 bits per heavy atom. The van der Waals surface area contributed by atoms with Crippen LogP contribution >= 0.6 is 0 Å². The Morgan fingerprint density at radius 2 is 2.12 bits per heavy atom. The Balaban J connectivity index is 2.58. The van der Waals surface area contributed by atoms with Crippen molar-refractivity contribution in [2.75, 3.05) is 18.6 Å². The molecule has 0 radical (unpaired) electrons. The van der Waals surface area contributed by atoms with Crippen LogP contribution in [0, 0.1) is 0 Å². The molecular formula is C11H16O4S. The van der Waals surface area contributed by atoms with Crippen LogP contribution in [0.1, 0.15) is 18.6 Å². The van der Waals surface area contributed by atoms with Crippen molar-refractivity contribution in [3.63, 3.8) is 0 Å². The van der Waals surface area contributed by atoms with Crippen molar-refractivity contribution in [3.8, 4) is 5.75 Å². The van der Waals surface area contributed by atoms with Gasteiger partial charge >= 0.3 is 0 Å². The normalized spacial score (nSPS) is 13.4. The van der Waals surface area contributed by atoms with Crippen LogP contribution in [-0.4, -0.2) is 32.1 Å². The molecule has 0 aromatic heterocycles. The Kier molecular flexibility index (Phi) is 4.32. The van der Waals surface area contributed by atoms with Gasteiger partial charge in [-0.3, -0.25) is 0 Å². The van der Waals surface area contributed by atoms with Gasteiger partial charge in [-0.05, 0) is 24.6 Å². The smallest absolute Gasteiger partial charge is 0.150 e. The highest BCUT2D eigenvalue weighted by molar-refractivity contribution is 7.90. The standard InChI is InChI=1S/C11H16O4S/c1-9(12)10-4-3-5-11(8-10)15-6-7-16(2,13)14/h3-5,8-9,12H,6-7H2,1-2H3/t9-/m0/s1. The quantitative estimate of drug-likeness (QED) is 0.844. The van der Waals surface area contributed by atoms with E-state index in [1.54, 1.807) is 31.2 Å². The molecule has 0 aliphatic carbocycles. The molecule has 0 aliphatic heterocycles. The van der Waals surface area contributed by atoms with E-state index in [0.717, 1.165) is 5.56 Å². The molecule has 90 valence electrons. The van der Waals surface area contributed by atoms with Crippen LogP contribution in [0.3, 0.4) is 0 Å². The topological polar surface area (TPSA) is 63.6 Å². The second kappa shape index (κ2) is 5.32. The molecule has 0 saturated carbocycles. The van der Waals surface area contributed by atoms with Crippen molar-refractivity contribution in [1.29, 1.82) is 0 Å². The first kappa shape index (κ1) is 13.0. The number of aliphatic hydroxyl groups excluding tert-OH is 1. The lowest BCUT2D eigenvalue weighted by atomic mass is 10.1. The molecule has 1 aromatic rings. The molecule has 5 heteroatoms. The predicted octanol–water partition coefficient (Wildman–Crippen LogP) is 1.16. The molecule has 0 amide bonds. The molecular weight excluding hydrogens is 228 g/mol.